The minimum atomic E-state index is -0.594. The van der Waals surface area contributed by atoms with Crippen LogP contribution in [0.2, 0.25) is 0 Å². The predicted molar refractivity (Wildman–Crippen MR) is 116 cm³/mol. The van der Waals surface area contributed by atoms with Gasteiger partial charge >= 0.3 is 0 Å². The number of hydrogen-bond donors (Lipinski definition) is 4. The summed E-state index contributed by atoms with van der Waals surface area (Å²) in [7, 11) is 0. The molecule has 0 spiro atoms. The van der Waals surface area contributed by atoms with Crippen LogP contribution in [-0.2, 0) is 4.79 Å². The van der Waals surface area contributed by atoms with Crippen LogP contribution in [0, 0.1) is 5.82 Å². The van der Waals surface area contributed by atoms with Gasteiger partial charge in [0.1, 0.15) is 11.6 Å². The summed E-state index contributed by atoms with van der Waals surface area (Å²) >= 11 is 0. The molecule has 0 fully saturated rings. The molecule has 0 saturated heterocycles. The molecule has 162 valence electrons. The molecule has 0 aliphatic carbocycles. The number of para-hydroxylation sites is 2. The van der Waals surface area contributed by atoms with Gasteiger partial charge in [-0.1, -0.05) is 12.1 Å². The van der Waals surface area contributed by atoms with Crippen LogP contribution in [-0.4, -0.2) is 37.2 Å². The van der Waals surface area contributed by atoms with E-state index in [0.717, 1.165) is 6.07 Å². The van der Waals surface area contributed by atoms with Gasteiger partial charge in [0.15, 0.2) is 0 Å². The number of anilines is 3. The van der Waals surface area contributed by atoms with E-state index in [2.05, 4.69) is 20.4 Å². The van der Waals surface area contributed by atoms with Crippen LogP contribution in [0.3, 0.4) is 0 Å². The van der Waals surface area contributed by atoms with Gasteiger partial charge in [0.25, 0.3) is 12.4 Å². The molecule has 2 aromatic heterocycles. The number of nitrogens with two attached hydrogens (primary N) is 2. The van der Waals surface area contributed by atoms with E-state index in [1.165, 1.54) is 18.2 Å². The zero-order valence-electron chi connectivity index (χ0n) is 16.5. The first-order valence-electron chi connectivity index (χ1n) is 9.10. The third-order valence-electron chi connectivity index (χ3n) is 4.12. The van der Waals surface area contributed by atoms with Gasteiger partial charge in [-0.25, -0.2) is 14.1 Å². The quantitative estimate of drug-likeness (QED) is 0.356. The third kappa shape index (κ3) is 5.21. The average Bonchev–Trinajstić information content (AvgIpc) is 3.28. The first-order valence-corrected chi connectivity index (χ1v) is 9.10. The molecule has 0 atom stereocenters. The summed E-state index contributed by atoms with van der Waals surface area (Å²) in [4.78, 5) is 29.0. The van der Waals surface area contributed by atoms with Crippen molar-refractivity contribution in [2.75, 3.05) is 16.8 Å². The largest absolute Gasteiger partial charge is 0.483 e. The second-order valence-electron chi connectivity index (χ2n) is 6.29. The SMILES string of the molecule is Nc1cc(-c2cc(F)cc(C(=O)Nc3ccccc3-n3cccn3)c2)nc(N)n1.O=CO. The lowest BCUT2D eigenvalue weighted by molar-refractivity contribution is -0.122. The van der Waals surface area contributed by atoms with Crippen molar-refractivity contribution in [2.45, 2.75) is 0 Å². The lowest BCUT2D eigenvalue weighted by Crippen LogP contribution is -2.14. The number of carbonyl (C=O) groups is 2. The van der Waals surface area contributed by atoms with Crippen molar-refractivity contribution in [3.8, 4) is 16.9 Å². The standard InChI is InChI=1S/C20H16FN7O.CH2O2/c21-14-9-12(16-11-18(22)27-20(23)26-16)8-13(10-14)19(29)25-15-4-1-2-5-17(15)28-7-3-6-24-28;2-1-3/h1-11H,(H,25,29)(H4,22,23,26,27);1H,(H,2,3). The number of nitrogen functional groups attached to an aromatic ring is 2. The molecule has 6 N–H and O–H groups in total. The Bertz CT molecular complexity index is 1230. The lowest BCUT2D eigenvalue weighted by atomic mass is 10.1. The van der Waals surface area contributed by atoms with Gasteiger partial charge in [0.05, 0.1) is 17.1 Å². The van der Waals surface area contributed by atoms with Crippen molar-refractivity contribution in [1.82, 2.24) is 19.7 Å². The van der Waals surface area contributed by atoms with Crippen LogP contribution >= 0.6 is 0 Å². The molecule has 0 aliphatic heterocycles. The van der Waals surface area contributed by atoms with Crippen LogP contribution in [0.5, 0.6) is 0 Å². The fourth-order valence-electron chi connectivity index (χ4n) is 2.89. The number of benzene rings is 2. The molecule has 32 heavy (non-hydrogen) atoms. The van der Waals surface area contributed by atoms with Gasteiger partial charge < -0.3 is 21.9 Å². The second-order valence-corrected chi connectivity index (χ2v) is 6.29. The zero-order chi connectivity index (χ0) is 23.1. The van der Waals surface area contributed by atoms with Crippen LogP contribution < -0.4 is 16.8 Å². The highest BCUT2D eigenvalue weighted by atomic mass is 19.1. The van der Waals surface area contributed by atoms with E-state index < -0.39 is 11.7 Å². The molecule has 10 nitrogen and oxygen atoms in total. The summed E-state index contributed by atoms with van der Waals surface area (Å²) < 4.78 is 15.8. The minimum Gasteiger partial charge on any atom is -0.483 e. The monoisotopic (exact) mass is 435 g/mol. The Labute approximate surface area is 181 Å². The summed E-state index contributed by atoms with van der Waals surface area (Å²) in [6, 6.07) is 14.3. The maximum absolute atomic E-state index is 14.2. The van der Waals surface area contributed by atoms with Gasteiger partial charge in [0.2, 0.25) is 5.95 Å². The van der Waals surface area contributed by atoms with Crippen LogP contribution in [0.25, 0.3) is 16.9 Å². The second kappa shape index (κ2) is 9.80. The first kappa shape index (κ1) is 21.9. The Morgan fingerprint density at radius 1 is 1.09 bits per heavy atom. The molecular weight excluding hydrogens is 417 g/mol. The van der Waals surface area contributed by atoms with Crippen molar-refractivity contribution in [3.63, 3.8) is 0 Å². The molecule has 4 aromatic rings. The molecule has 0 bridgehead atoms. The topological polar surface area (TPSA) is 162 Å². The molecule has 1 amide bonds. The van der Waals surface area contributed by atoms with Crippen LogP contribution in [0.4, 0.5) is 21.8 Å². The fraction of sp³-hybridized carbons (Fsp3) is 0. The summed E-state index contributed by atoms with van der Waals surface area (Å²) in [5, 5.41) is 13.9. The summed E-state index contributed by atoms with van der Waals surface area (Å²) in [6.45, 7) is -0.250. The Kier molecular flexibility index (Phi) is 6.71. The molecule has 11 heteroatoms. The maximum Gasteiger partial charge on any atom is 0.290 e. The van der Waals surface area contributed by atoms with Crippen molar-refractivity contribution in [3.05, 3.63) is 78.4 Å². The zero-order valence-corrected chi connectivity index (χ0v) is 16.5. The number of nitrogens with one attached hydrogen (secondary N) is 1. The molecule has 0 radical (unpaired) electrons. The molecule has 2 aromatic carbocycles. The number of amides is 1. The van der Waals surface area contributed by atoms with Crippen LogP contribution in [0.15, 0.2) is 67.0 Å². The molecule has 0 saturated carbocycles. The van der Waals surface area contributed by atoms with E-state index in [-0.39, 0.29) is 23.8 Å². The lowest BCUT2D eigenvalue weighted by Gasteiger charge is -2.12. The number of aromatic nitrogens is 4. The Morgan fingerprint density at radius 3 is 2.53 bits per heavy atom. The summed E-state index contributed by atoms with van der Waals surface area (Å²) in [5.41, 5.74) is 13.3. The van der Waals surface area contributed by atoms with E-state index in [4.69, 9.17) is 21.4 Å². The smallest absolute Gasteiger partial charge is 0.290 e. The van der Waals surface area contributed by atoms with Crippen molar-refractivity contribution in [1.29, 1.82) is 0 Å². The summed E-state index contributed by atoms with van der Waals surface area (Å²) in [6.07, 6.45) is 3.39. The number of carbonyl (C=O) groups excluding carboxylic acids is 1. The van der Waals surface area contributed by atoms with Crippen molar-refractivity contribution >= 4 is 29.8 Å². The highest BCUT2D eigenvalue weighted by Crippen LogP contribution is 2.24. The van der Waals surface area contributed by atoms with Crippen molar-refractivity contribution in [2.24, 2.45) is 0 Å². The average molecular weight is 435 g/mol. The van der Waals surface area contributed by atoms with Gasteiger partial charge in [-0.3, -0.25) is 9.59 Å². The highest BCUT2D eigenvalue weighted by molar-refractivity contribution is 6.06. The number of halogens is 1. The molecule has 0 aliphatic rings. The number of carboxylic acid groups (broad SMARTS) is 1. The molecular formula is C21H18FN7O3. The Hall–Kier alpha value is -4.80. The van der Waals surface area contributed by atoms with E-state index in [9.17, 15) is 9.18 Å². The van der Waals surface area contributed by atoms with Crippen LogP contribution in [0.1, 0.15) is 10.4 Å². The maximum atomic E-state index is 14.2. The van der Waals surface area contributed by atoms with Gasteiger partial charge in [-0.2, -0.15) is 10.1 Å². The van der Waals surface area contributed by atoms with E-state index >= 15 is 0 Å². The Morgan fingerprint density at radius 2 is 1.84 bits per heavy atom. The number of nitrogens with zero attached hydrogens (tertiary/aromatic N) is 4. The Balaban J connectivity index is 0.000000913. The van der Waals surface area contributed by atoms with E-state index in [1.807, 2.05) is 12.1 Å². The number of rotatable bonds is 4. The highest BCUT2D eigenvalue weighted by Gasteiger charge is 2.14. The molecule has 4 rings (SSSR count). The number of hydrogen-bond acceptors (Lipinski definition) is 7. The van der Waals surface area contributed by atoms with E-state index in [0.29, 0.717) is 22.6 Å². The first-order chi connectivity index (χ1) is 15.4. The third-order valence-corrected chi connectivity index (χ3v) is 4.12. The fourth-order valence-corrected chi connectivity index (χ4v) is 2.89. The van der Waals surface area contributed by atoms with Crippen molar-refractivity contribution < 1.29 is 19.1 Å². The normalized spacial score (nSPS) is 10.0. The minimum absolute atomic E-state index is 0.0385. The van der Waals surface area contributed by atoms with Gasteiger partial charge in [-0.15, -0.1) is 0 Å². The molecule has 0 unspecified atom stereocenters. The van der Waals surface area contributed by atoms with Gasteiger partial charge in [0, 0.05) is 29.6 Å². The van der Waals surface area contributed by atoms with Gasteiger partial charge in [-0.05, 0) is 36.4 Å². The van der Waals surface area contributed by atoms with E-state index in [1.54, 1.807) is 35.3 Å². The summed E-state index contributed by atoms with van der Waals surface area (Å²) in [5.74, 6) is -0.969. The predicted octanol–water partition coefficient (Wildman–Crippen LogP) is 2.59. The molecule has 2 heterocycles.